The molecule has 0 aliphatic rings. The van der Waals surface area contributed by atoms with Crippen molar-refractivity contribution in [2.24, 2.45) is 0 Å². The van der Waals surface area contributed by atoms with Gasteiger partial charge in [0.05, 0.1) is 6.10 Å². The molecule has 0 fully saturated rings. The monoisotopic (exact) mass is 278 g/mol. The molecular weight excluding hydrogens is 248 g/mol. The summed E-state index contributed by atoms with van der Waals surface area (Å²) >= 11 is 0. The fraction of sp³-hybridized carbons (Fsp3) is 0.706. The van der Waals surface area contributed by atoms with Crippen LogP contribution in [0.4, 0.5) is 0 Å². The van der Waals surface area contributed by atoms with E-state index in [1.165, 1.54) is 25.7 Å². The molecule has 0 amide bonds. The Bertz CT molecular complexity index is 366. The molecule has 1 atom stereocenters. The summed E-state index contributed by atoms with van der Waals surface area (Å²) < 4.78 is 6.01. The molecule has 1 unspecified atom stereocenters. The van der Waals surface area contributed by atoms with E-state index in [0.29, 0.717) is 6.04 Å². The third kappa shape index (κ3) is 6.90. The quantitative estimate of drug-likeness (QED) is 0.647. The van der Waals surface area contributed by atoms with Crippen LogP contribution in [0.15, 0.2) is 18.3 Å². The Morgan fingerprint density at radius 2 is 2.00 bits per heavy atom. The van der Waals surface area contributed by atoms with Crippen LogP contribution in [0.2, 0.25) is 0 Å². The highest BCUT2D eigenvalue weighted by Gasteiger charge is 2.09. The zero-order valence-electron chi connectivity index (χ0n) is 13.5. The van der Waals surface area contributed by atoms with Crippen LogP contribution in [0.3, 0.4) is 0 Å². The van der Waals surface area contributed by atoms with Crippen LogP contribution in [0.25, 0.3) is 0 Å². The van der Waals surface area contributed by atoms with E-state index >= 15 is 0 Å². The molecule has 1 N–H and O–H groups in total. The summed E-state index contributed by atoms with van der Waals surface area (Å²) in [5.41, 5.74) is 1.14. The minimum Gasteiger partial charge on any atom is -0.474 e. The summed E-state index contributed by atoms with van der Waals surface area (Å²) in [4.78, 5) is 4.38. The van der Waals surface area contributed by atoms with Crippen LogP contribution < -0.4 is 10.1 Å². The molecule has 3 heteroatoms. The highest BCUT2D eigenvalue weighted by Crippen LogP contribution is 2.18. The zero-order valence-corrected chi connectivity index (χ0v) is 13.5. The van der Waals surface area contributed by atoms with E-state index in [-0.39, 0.29) is 6.10 Å². The van der Waals surface area contributed by atoms with Gasteiger partial charge < -0.3 is 10.1 Å². The number of hydrogen-bond donors (Lipinski definition) is 1. The first-order valence-electron chi connectivity index (χ1n) is 7.97. The number of nitrogens with one attached hydrogen (secondary N) is 1. The molecule has 1 aromatic rings. The maximum Gasteiger partial charge on any atom is 0.218 e. The van der Waals surface area contributed by atoms with Gasteiger partial charge in [-0.2, -0.15) is 0 Å². The first-order valence-corrected chi connectivity index (χ1v) is 7.97. The molecule has 20 heavy (non-hydrogen) atoms. The number of pyridine rings is 1. The summed E-state index contributed by atoms with van der Waals surface area (Å²) in [6, 6.07) is 4.52. The van der Waals surface area contributed by atoms with Crippen LogP contribution in [-0.4, -0.2) is 17.1 Å². The average Bonchev–Trinajstić information content (AvgIpc) is 2.42. The maximum absolute atomic E-state index is 6.01. The smallest absolute Gasteiger partial charge is 0.218 e. The van der Waals surface area contributed by atoms with Crippen molar-refractivity contribution in [2.75, 3.05) is 0 Å². The molecule has 114 valence electrons. The summed E-state index contributed by atoms with van der Waals surface area (Å²) in [5.74, 6) is 0.781. The van der Waals surface area contributed by atoms with Gasteiger partial charge in [-0.15, -0.1) is 0 Å². The average molecular weight is 278 g/mol. The van der Waals surface area contributed by atoms with Gasteiger partial charge in [0.1, 0.15) is 0 Å². The molecular formula is C17H30N2O. The number of unbranched alkanes of at least 4 members (excludes halogenated alkanes) is 3. The Hall–Kier alpha value is -1.09. The van der Waals surface area contributed by atoms with Crippen molar-refractivity contribution in [1.29, 1.82) is 0 Å². The molecule has 1 heterocycles. The number of nitrogens with zero attached hydrogens (tertiary/aromatic N) is 1. The lowest BCUT2D eigenvalue weighted by atomic mass is 10.1. The standard InChI is InChI=1S/C17H30N2O/c1-5-6-7-8-10-15(4)20-17-16(11-9-12-18-17)13-19-14(2)3/h9,11-12,14-15,19H,5-8,10,13H2,1-4H3. The SMILES string of the molecule is CCCCCCC(C)Oc1ncccc1CNC(C)C. The summed E-state index contributed by atoms with van der Waals surface area (Å²) in [6.07, 6.45) is 8.28. The van der Waals surface area contributed by atoms with Gasteiger partial charge in [0.15, 0.2) is 0 Å². The molecule has 0 spiro atoms. The largest absolute Gasteiger partial charge is 0.474 e. The van der Waals surface area contributed by atoms with Crippen molar-refractivity contribution in [1.82, 2.24) is 10.3 Å². The van der Waals surface area contributed by atoms with Crippen molar-refractivity contribution in [3.05, 3.63) is 23.9 Å². The molecule has 0 saturated carbocycles. The second-order valence-corrected chi connectivity index (χ2v) is 5.78. The van der Waals surface area contributed by atoms with Crippen molar-refractivity contribution in [2.45, 2.75) is 78.5 Å². The number of rotatable bonds is 10. The predicted molar refractivity (Wildman–Crippen MR) is 85.1 cm³/mol. The molecule has 0 radical (unpaired) electrons. The Labute approximate surface area is 124 Å². The number of ether oxygens (including phenoxy) is 1. The highest BCUT2D eigenvalue weighted by atomic mass is 16.5. The van der Waals surface area contributed by atoms with Gasteiger partial charge in [0.25, 0.3) is 0 Å². The van der Waals surface area contributed by atoms with Crippen LogP contribution in [0, 0.1) is 0 Å². The minimum atomic E-state index is 0.236. The van der Waals surface area contributed by atoms with Crippen LogP contribution in [-0.2, 0) is 6.54 Å². The van der Waals surface area contributed by atoms with Crippen molar-refractivity contribution in [3.8, 4) is 5.88 Å². The van der Waals surface area contributed by atoms with Gasteiger partial charge in [0.2, 0.25) is 5.88 Å². The first kappa shape index (κ1) is 17.0. The summed E-state index contributed by atoms with van der Waals surface area (Å²) in [7, 11) is 0. The second-order valence-electron chi connectivity index (χ2n) is 5.78. The molecule has 1 aromatic heterocycles. The van der Waals surface area contributed by atoms with E-state index in [1.807, 2.05) is 6.07 Å². The zero-order chi connectivity index (χ0) is 14.8. The van der Waals surface area contributed by atoms with Crippen LogP contribution >= 0.6 is 0 Å². The lowest BCUT2D eigenvalue weighted by molar-refractivity contribution is 0.195. The third-order valence-electron chi connectivity index (χ3n) is 3.33. The number of hydrogen-bond acceptors (Lipinski definition) is 3. The Morgan fingerprint density at radius 3 is 2.70 bits per heavy atom. The maximum atomic E-state index is 6.01. The van der Waals surface area contributed by atoms with E-state index < -0.39 is 0 Å². The highest BCUT2D eigenvalue weighted by molar-refractivity contribution is 5.25. The van der Waals surface area contributed by atoms with E-state index in [4.69, 9.17) is 4.74 Å². The summed E-state index contributed by atoms with van der Waals surface area (Å²) in [6.45, 7) is 9.48. The van der Waals surface area contributed by atoms with Gasteiger partial charge in [-0.25, -0.2) is 4.98 Å². The van der Waals surface area contributed by atoms with E-state index in [1.54, 1.807) is 6.20 Å². The lowest BCUT2D eigenvalue weighted by Gasteiger charge is -2.17. The molecule has 0 aromatic carbocycles. The van der Waals surface area contributed by atoms with Gasteiger partial charge in [-0.05, 0) is 25.8 Å². The normalized spacial score (nSPS) is 12.7. The minimum absolute atomic E-state index is 0.236. The fourth-order valence-corrected chi connectivity index (χ4v) is 2.09. The second kappa shape index (κ2) is 9.76. The summed E-state index contributed by atoms with van der Waals surface area (Å²) in [5, 5.41) is 3.42. The molecule has 0 bridgehead atoms. The fourth-order valence-electron chi connectivity index (χ4n) is 2.09. The van der Waals surface area contributed by atoms with Gasteiger partial charge in [-0.3, -0.25) is 0 Å². The Morgan fingerprint density at radius 1 is 1.20 bits per heavy atom. The lowest BCUT2D eigenvalue weighted by Crippen LogP contribution is -2.23. The molecule has 0 saturated heterocycles. The van der Waals surface area contributed by atoms with Gasteiger partial charge >= 0.3 is 0 Å². The van der Waals surface area contributed by atoms with Crippen molar-refractivity contribution in [3.63, 3.8) is 0 Å². The Balaban J connectivity index is 2.45. The first-order chi connectivity index (χ1) is 9.63. The topological polar surface area (TPSA) is 34.1 Å². The van der Waals surface area contributed by atoms with Gasteiger partial charge in [-0.1, -0.05) is 46.1 Å². The predicted octanol–water partition coefficient (Wildman–Crippen LogP) is 4.32. The molecule has 1 rings (SSSR count). The van der Waals surface area contributed by atoms with E-state index in [2.05, 4.69) is 44.1 Å². The third-order valence-corrected chi connectivity index (χ3v) is 3.33. The van der Waals surface area contributed by atoms with Crippen LogP contribution in [0.5, 0.6) is 5.88 Å². The molecule has 3 nitrogen and oxygen atoms in total. The molecule has 0 aliphatic carbocycles. The van der Waals surface area contributed by atoms with Crippen LogP contribution in [0.1, 0.15) is 65.4 Å². The van der Waals surface area contributed by atoms with E-state index in [9.17, 15) is 0 Å². The number of aromatic nitrogens is 1. The molecule has 0 aliphatic heterocycles. The Kier molecular flexibility index (Phi) is 8.28. The van der Waals surface area contributed by atoms with E-state index in [0.717, 1.165) is 24.4 Å². The van der Waals surface area contributed by atoms with Gasteiger partial charge in [0, 0.05) is 24.3 Å². The van der Waals surface area contributed by atoms with Crippen molar-refractivity contribution >= 4 is 0 Å². The van der Waals surface area contributed by atoms with Crippen molar-refractivity contribution < 1.29 is 4.74 Å².